The van der Waals surface area contributed by atoms with Gasteiger partial charge in [0.2, 0.25) is 0 Å². The Morgan fingerprint density at radius 2 is 1.81 bits per heavy atom. The second kappa shape index (κ2) is 6.80. The van der Waals surface area contributed by atoms with E-state index in [9.17, 15) is 13.2 Å². The number of hydrogen-bond acceptors (Lipinski definition) is 3. The summed E-state index contributed by atoms with van der Waals surface area (Å²) in [7, 11) is 0. The van der Waals surface area contributed by atoms with E-state index in [1.165, 1.54) is 30.3 Å². The Labute approximate surface area is 124 Å². The number of nitrogens with one attached hydrogen (secondary N) is 1. The predicted octanol–water partition coefficient (Wildman–Crippen LogP) is 3.63. The van der Waals surface area contributed by atoms with Gasteiger partial charge in [0.1, 0.15) is 11.6 Å². The van der Waals surface area contributed by atoms with E-state index in [4.69, 9.17) is 17.4 Å². The van der Waals surface area contributed by atoms with Gasteiger partial charge in [-0.25, -0.2) is 9.82 Å². The lowest BCUT2D eigenvalue weighted by molar-refractivity contribution is -0.0506. The van der Waals surface area contributed by atoms with Crippen molar-refractivity contribution < 1.29 is 17.9 Å². The molecule has 1 unspecified atom stereocenters. The second-order valence-electron chi connectivity index (χ2n) is 4.18. The highest BCUT2D eigenvalue weighted by Crippen LogP contribution is 2.32. The van der Waals surface area contributed by atoms with E-state index in [1.807, 2.05) is 0 Å². The molecule has 0 aliphatic carbocycles. The Hall–Kier alpha value is -1.76. The number of hydrogen-bond donors (Lipinski definition) is 2. The van der Waals surface area contributed by atoms with Crippen LogP contribution in [0, 0.1) is 5.82 Å². The van der Waals surface area contributed by atoms with E-state index in [0.29, 0.717) is 5.56 Å². The van der Waals surface area contributed by atoms with Gasteiger partial charge in [0.05, 0.1) is 6.04 Å². The molecular weight excluding hydrogens is 305 g/mol. The summed E-state index contributed by atoms with van der Waals surface area (Å²) in [6, 6.07) is 9.23. The highest BCUT2D eigenvalue weighted by molar-refractivity contribution is 6.30. The molecule has 112 valence electrons. The number of hydrazine groups is 1. The summed E-state index contributed by atoms with van der Waals surface area (Å²) < 4.78 is 43.3. The first-order valence-corrected chi connectivity index (χ1v) is 6.35. The first-order valence-electron chi connectivity index (χ1n) is 5.97. The molecule has 21 heavy (non-hydrogen) atoms. The molecular formula is C14H12ClF3N2O. The van der Waals surface area contributed by atoms with Crippen LogP contribution in [0.2, 0.25) is 5.02 Å². The molecule has 0 aliphatic heterocycles. The lowest BCUT2D eigenvalue weighted by Gasteiger charge is -2.20. The standard InChI is InChI=1S/C14H12ClF3N2O/c15-8-5-6-9(11(16)7-8)13(20-19)10-3-1-2-4-12(10)21-14(17)18/h1-7,13-14,20H,19H2. The van der Waals surface area contributed by atoms with Crippen molar-refractivity contribution in [2.24, 2.45) is 5.84 Å². The summed E-state index contributed by atoms with van der Waals surface area (Å²) >= 11 is 5.70. The molecule has 7 heteroatoms. The molecule has 0 fully saturated rings. The van der Waals surface area contributed by atoms with Crippen LogP contribution in [0.4, 0.5) is 13.2 Å². The minimum Gasteiger partial charge on any atom is -0.434 e. The van der Waals surface area contributed by atoms with Crippen LogP contribution in [-0.2, 0) is 0 Å². The molecule has 0 bridgehead atoms. The van der Waals surface area contributed by atoms with Gasteiger partial charge >= 0.3 is 6.61 Å². The number of benzene rings is 2. The molecule has 0 saturated carbocycles. The fourth-order valence-electron chi connectivity index (χ4n) is 2.01. The van der Waals surface area contributed by atoms with Crippen molar-refractivity contribution in [1.29, 1.82) is 0 Å². The van der Waals surface area contributed by atoms with Crippen molar-refractivity contribution in [1.82, 2.24) is 5.43 Å². The summed E-state index contributed by atoms with van der Waals surface area (Å²) in [6.45, 7) is -2.99. The fourth-order valence-corrected chi connectivity index (χ4v) is 2.16. The molecule has 0 saturated heterocycles. The monoisotopic (exact) mass is 316 g/mol. The van der Waals surface area contributed by atoms with Crippen LogP contribution < -0.4 is 16.0 Å². The zero-order chi connectivity index (χ0) is 15.4. The minimum absolute atomic E-state index is 0.0789. The summed E-state index contributed by atoms with van der Waals surface area (Å²) in [5, 5.41) is 0.226. The predicted molar refractivity (Wildman–Crippen MR) is 73.7 cm³/mol. The summed E-state index contributed by atoms with van der Waals surface area (Å²) in [5.74, 6) is 4.77. The average Bonchev–Trinajstić information content (AvgIpc) is 2.43. The zero-order valence-corrected chi connectivity index (χ0v) is 11.4. The third kappa shape index (κ3) is 3.66. The first-order chi connectivity index (χ1) is 10.0. The molecule has 0 spiro atoms. The summed E-state index contributed by atoms with van der Waals surface area (Å²) in [4.78, 5) is 0. The topological polar surface area (TPSA) is 47.3 Å². The van der Waals surface area contributed by atoms with Crippen LogP contribution in [0.15, 0.2) is 42.5 Å². The van der Waals surface area contributed by atoms with Gasteiger partial charge in [-0.05, 0) is 18.2 Å². The highest BCUT2D eigenvalue weighted by Gasteiger charge is 2.21. The van der Waals surface area contributed by atoms with Gasteiger partial charge in [-0.15, -0.1) is 0 Å². The van der Waals surface area contributed by atoms with E-state index in [1.54, 1.807) is 6.07 Å². The molecule has 2 aromatic rings. The van der Waals surface area contributed by atoms with Crippen LogP contribution in [0.25, 0.3) is 0 Å². The number of para-hydroxylation sites is 1. The second-order valence-corrected chi connectivity index (χ2v) is 4.62. The molecule has 3 nitrogen and oxygen atoms in total. The lowest BCUT2D eigenvalue weighted by atomic mass is 9.98. The Kier molecular flexibility index (Phi) is 5.06. The van der Waals surface area contributed by atoms with Crippen LogP contribution in [0.5, 0.6) is 5.75 Å². The quantitative estimate of drug-likeness (QED) is 0.654. The molecule has 2 rings (SSSR count). The van der Waals surface area contributed by atoms with E-state index >= 15 is 0 Å². The maximum absolute atomic E-state index is 14.0. The molecule has 0 heterocycles. The van der Waals surface area contributed by atoms with Crippen LogP contribution >= 0.6 is 11.6 Å². The molecule has 3 N–H and O–H groups in total. The highest BCUT2D eigenvalue weighted by atomic mass is 35.5. The third-order valence-electron chi connectivity index (χ3n) is 2.89. The Morgan fingerprint density at radius 3 is 2.43 bits per heavy atom. The van der Waals surface area contributed by atoms with Gasteiger partial charge in [0, 0.05) is 16.1 Å². The van der Waals surface area contributed by atoms with Crippen molar-refractivity contribution in [3.05, 3.63) is 64.4 Å². The number of rotatable bonds is 5. The summed E-state index contributed by atoms with van der Waals surface area (Å²) in [5.41, 5.74) is 2.87. The van der Waals surface area contributed by atoms with E-state index in [-0.39, 0.29) is 16.3 Å². The Bertz CT molecular complexity index is 625. The molecule has 2 aromatic carbocycles. The lowest BCUT2D eigenvalue weighted by Crippen LogP contribution is -2.30. The van der Waals surface area contributed by atoms with Gasteiger partial charge in [-0.2, -0.15) is 8.78 Å². The Morgan fingerprint density at radius 1 is 1.10 bits per heavy atom. The van der Waals surface area contributed by atoms with Crippen LogP contribution in [-0.4, -0.2) is 6.61 Å². The largest absolute Gasteiger partial charge is 0.434 e. The van der Waals surface area contributed by atoms with Gasteiger partial charge in [0.15, 0.2) is 0 Å². The first kappa shape index (κ1) is 15.6. The van der Waals surface area contributed by atoms with E-state index in [0.717, 1.165) is 6.07 Å². The van der Waals surface area contributed by atoms with E-state index < -0.39 is 18.5 Å². The molecule has 1 atom stereocenters. The van der Waals surface area contributed by atoms with Crippen LogP contribution in [0.3, 0.4) is 0 Å². The van der Waals surface area contributed by atoms with Crippen molar-refractivity contribution >= 4 is 11.6 Å². The maximum Gasteiger partial charge on any atom is 0.387 e. The van der Waals surface area contributed by atoms with Crippen molar-refractivity contribution in [3.63, 3.8) is 0 Å². The normalized spacial score (nSPS) is 12.5. The van der Waals surface area contributed by atoms with Crippen molar-refractivity contribution in [3.8, 4) is 5.75 Å². The van der Waals surface area contributed by atoms with E-state index in [2.05, 4.69) is 10.2 Å². The Balaban J connectivity index is 2.46. The number of alkyl halides is 2. The minimum atomic E-state index is -2.99. The van der Waals surface area contributed by atoms with Crippen molar-refractivity contribution in [2.45, 2.75) is 12.7 Å². The fraction of sp³-hybridized carbons (Fsp3) is 0.143. The molecule has 0 radical (unpaired) electrons. The average molecular weight is 317 g/mol. The smallest absolute Gasteiger partial charge is 0.387 e. The van der Waals surface area contributed by atoms with Crippen LogP contribution in [0.1, 0.15) is 17.2 Å². The van der Waals surface area contributed by atoms with Crippen molar-refractivity contribution in [2.75, 3.05) is 0 Å². The SMILES string of the molecule is NNC(c1ccc(Cl)cc1F)c1ccccc1OC(F)F. The van der Waals surface area contributed by atoms with Gasteiger partial charge in [-0.1, -0.05) is 35.9 Å². The number of ether oxygens (including phenoxy) is 1. The van der Waals surface area contributed by atoms with Gasteiger partial charge in [0.25, 0.3) is 0 Å². The number of nitrogens with two attached hydrogens (primary N) is 1. The third-order valence-corrected chi connectivity index (χ3v) is 3.12. The van der Waals surface area contributed by atoms with Gasteiger partial charge in [-0.3, -0.25) is 5.84 Å². The summed E-state index contributed by atoms with van der Waals surface area (Å²) in [6.07, 6.45) is 0. The molecule has 0 amide bonds. The van der Waals surface area contributed by atoms with Gasteiger partial charge < -0.3 is 4.74 Å². The molecule has 0 aromatic heterocycles. The zero-order valence-electron chi connectivity index (χ0n) is 10.7. The maximum atomic E-state index is 14.0. The number of halogens is 4. The molecule has 0 aliphatic rings.